The summed E-state index contributed by atoms with van der Waals surface area (Å²) in [6.45, 7) is 0.0990. The van der Waals surface area contributed by atoms with Crippen LogP contribution in [0.15, 0.2) is 44.2 Å². The second kappa shape index (κ2) is 7.08. The quantitative estimate of drug-likeness (QED) is 0.639. The Bertz CT molecular complexity index is 1020. The number of hydrogen-bond acceptors (Lipinski definition) is 7. The highest BCUT2D eigenvalue weighted by Gasteiger charge is 2.14. The Morgan fingerprint density at radius 2 is 1.88 bits per heavy atom. The van der Waals surface area contributed by atoms with Crippen molar-refractivity contribution < 1.29 is 8.42 Å². The minimum Gasteiger partial charge on any atom is -0.284 e. The largest absolute Gasteiger partial charge is 0.295 e. The lowest BCUT2D eigenvalue weighted by Gasteiger charge is -1.95. The topological polar surface area (TPSA) is 144 Å². The molecule has 0 saturated heterocycles. The van der Waals surface area contributed by atoms with E-state index in [-0.39, 0.29) is 34.9 Å². The Morgan fingerprint density at radius 3 is 2.42 bits per heavy atom. The normalized spacial score (nSPS) is 11.3. The van der Waals surface area contributed by atoms with Crippen molar-refractivity contribution in [1.29, 1.82) is 10.5 Å². The van der Waals surface area contributed by atoms with Crippen molar-refractivity contribution in [2.24, 2.45) is 10.2 Å². The smallest absolute Gasteiger partial charge is 0.284 e. The van der Waals surface area contributed by atoms with Crippen LogP contribution in [-0.4, -0.2) is 18.2 Å². The molecule has 1 N–H and O–H groups in total. The lowest BCUT2D eigenvalue weighted by molar-refractivity contribution is 0.606. The second-order valence-corrected chi connectivity index (χ2v) is 7.01. The SMILES string of the molecule is N#CCCn1[nH]c(C#N)c(N=Nc2ccc(S(=O)(=O)Cl)cc2)c1=O. The molecule has 122 valence electrons. The van der Waals surface area contributed by atoms with Gasteiger partial charge in [0.25, 0.3) is 14.6 Å². The summed E-state index contributed by atoms with van der Waals surface area (Å²) in [6, 6.07) is 8.86. The Balaban J connectivity index is 2.32. The Labute approximate surface area is 140 Å². The molecule has 0 atom stereocenters. The first-order chi connectivity index (χ1) is 11.4. The molecule has 0 aliphatic carbocycles. The van der Waals surface area contributed by atoms with Crippen molar-refractivity contribution in [2.75, 3.05) is 0 Å². The van der Waals surface area contributed by atoms with Crippen LogP contribution in [0.3, 0.4) is 0 Å². The van der Waals surface area contributed by atoms with Gasteiger partial charge in [0.05, 0.1) is 29.6 Å². The zero-order valence-electron chi connectivity index (χ0n) is 12.0. The van der Waals surface area contributed by atoms with E-state index in [2.05, 4.69) is 15.3 Å². The number of aromatic amines is 1. The maximum atomic E-state index is 12.1. The molecule has 9 nitrogen and oxygen atoms in total. The highest BCUT2D eigenvalue weighted by molar-refractivity contribution is 8.13. The van der Waals surface area contributed by atoms with Gasteiger partial charge in [-0.3, -0.25) is 9.89 Å². The fourth-order valence-corrected chi connectivity index (χ4v) is 2.52. The third kappa shape index (κ3) is 3.87. The highest BCUT2D eigenvalue weighted by Crippen LogP contribution is 2.21. The molecule has 2 rings (SSSR count). The molecule has 1 heterocycles. The van der Waals surface area contributed by atoms with Crippen molar-refractivity contribution in [1.82, 2.24) is 9.78 Å². The molecule has 0 bridgehead atoms. The maximum absolute atomic E-state index is 12.1. The standard InChI is InChI=1S/C13H9ClN6O3S/c14-24(22,23)10-4-2-9(3-5-10)17-18-12-11(8-16)19-20(13(12)21)7-1-6-15/h2-5,19H,1,7H2. The summed E-state index contributed by atoms with van der Waals surface area (Å²) >= 11 is 0. The first kappa shape index (κ1) is 17.4. The van der Waals surface area contributed by atoms with Crippen LogP contribution in [0.4, 0.5) is 11.4 Å². The van der Waals surface area contributed by atoms with Crippen molar-refractivity contribution >= 4 is 31.1 Å². The van der Waals surface area contributed by atoms with Gasteiger partial charge in [0.15, 0.2) is 11.4 Å². The number of aryl methyl sites for hydroxylation is 1. The van der Waals surface area contributed by atoms with Crippen LogP contribution in [0, 0.1) is 22.7 Å². The number of aromatic nitrogens is 2. The number of nitriles is 2. The van der Waals surface area contributed by atoms with E-state index in [0.717, 1.165) is 4.68 Å². The first-order valence-electron chi connectivity index (χ1n) is 6.43. The summed E-state index contributed by atoms with van der Waals surface area (Å²) in [6.07, 6.45) is 0.0935. The zero-order chi connectivity index (χ0) is 17.7. The second-order valence-electron chi connectivity index (χ2n) is 4.44. The molecule has 11 heteroatoms. The van der Waals surface area contributed by atoms with Crippen LogP contribution in [0.5, 0.6) is 0 Å². The van der Waals surface area contributed by atoms with Crippen molar-refractivity contribution in [3.8, 4) is 12.1 Å². The van der Waals surface area contributed by atoms with Gasteiger partial charge in [0, 0.05) is 10.7 Å². The van der Waals surface area contributed by atoms with Gasteiger partial charge in [-0.25, -0.2) is 13.1 Å². The molecule has 0 unspecified atom stereocenters. The number of benzene rings is 1. The predicted octanol–water partition coefficient (Wildman–Crippen LogP) is 2.30. The molecule has 0 radical (unpaired) electrons. The molecule has 0 amide bonds. The summed E-state index contributed by atoms with van der Waals surface area (Å²) in [5.74, 6) is 0. The van der Waals surface area contributed by atoms with Gasteiger partial charge in [0.1, 0.15) is 6.07 Å². The van der Waals surface area contributed by atoms with Gasteiger partial charge < -0.3 is 0 Å². The van der Waals surface area contributed by atoms with E-state index >= 15 is 0 Å². The summed E-state index contributed by atoms with van der Waals surface area (Å²) < 4.78 is 23.4. The molecule has 1 aromatic carbocycles. The molecule has 0 spiro atoms. The van der Waals surface area contributed by atoms with E-state index in [0.29, 0.717) is 0 Å². The van der Waals surface area contributed by atoms with E-state index in [9.17, 15) is 13.2 Å². The molecular weight excluding hydrogens is 356 g/mol. The summed E-state index contributed by atoms with van der Waals surface area (Å²) in [7, 11) is 1.36. The van der Waals surface area contributed by atoms with Gasteiger partial charge in [-0.2, -0.15) is 15.6 Å². The number of nitrogens with one attached hydrogen (secondary N) is 1. The Hall–Kier alpha value is -2.95. The van der Waals surface area contributed by atoms with Crippen LogP contribution in [-0.2, 0) is 15.6 Å². The van der Waals surface area contributed by atoms with Gasteiger partial charge in [-0.1, -0.05) is 0 Å². The molecule has 0 aliphatic rings. The van der Waals surface area contributed by atoms with Crippen LogP contribution in [0.25, 0.3) is 0 Å². The van der Waals surface area contributed by atoms with Crippen LogP contribution >= 0.6 is 10.7 Å². The first-order valence-corrected chi connectivity index (χ1v) is 8.74. The van der Waals surface area contributed by atoms with E-state index in [1.54, 1.807) is 6.07 Å². The highest BCUT2D eigenvalue weighted by atomic mass is 35.7. The summed E-state index contributed by atoms with van der Waals surface area (Å²) in [5, 5.41) is 27.6. The molecule has 2 aromatic rings. The lowest BCUT2D eigenvalue weighted by atomic mass is 10.3. The molecule has 0 saturated carbocycles. The summed E-state index contributed by atoms with van der Waals surface area (Å²) in [5.41, 5.74) is -0.580. The molecular formula is C13H9ClN6O3S. The van der Waals surface area contributed by atoms with Crippen LogP contribution < -0.4 is 5.56 Å². The molecule has 24 heavy (non-hydrogen) atoms. The van der Waals surface area contributed by atoms with Crippen LogP contribution in [0.1, 0.15) is 12.1 Å². The predicted molar refractivity (Wildman–Crippen MR) is 83.7 cm³/mol. The number of rotatable bonds is 5. The molecule has 0 aliphatic heterocycles. The minimum atomic E-state index is -3.84. The average molecular weight is 365 g/mol. The van der Waals surface area contributed by atoms with E-state index in [4.69, 9.17) is 21.2 Å². The van der Waals surface area contributed by atoms with Crippen molar-refractivity contribution in [3.05, 3.63) is 40.3 Å². The van der Waals surface area contributed by atoms with E-state index in [1.165, 1.54) is 24.3 Å². The number of nitrogens with zero attached hydrogens (tertiary/aromatic N) is 5. The van der Waals surface area contributed by atoms with Gasteiger partial charge in [-0.05, 0) is 24.3 Å². The van der Waals surface area contributed by atoms with Gasteiger partial charge in [0.2, 0.25) is 0 Å². The Kier molecular flexibility index (Phi) is 5.14. The van der Waals surface area contributed by atoms with Gasteiger partial charge >= 0.3 is 0 Å². The monoisotopic (exact) mass is 364 g/mol. The third-order valence-electron chi connectivity index (χ3n) is 2.87. The maximum Gasteiger partial charge on any atom is 0.295 e. The zero-order valence-corrected chi connectivity index (χ0v) is 13.5. The minimum absolute atomic E-state index is 0.0818. The van der Waals surface area contributed by atoms with Crippen molar-refractivity contribution in [2.45, 2.75) is 17.9 Å². The summed E-state index contributed by atoms with van der Waals surface area (Å²) in [4.78, 5) is 12.0. The fourth-order valence-electron chi connectivity index (χ4n) is 1.75. The lowest BCUT2D eigenvalue weighted by Crippen LogP contribution is -2.16. The Morgan fingerprint density at radius 1 is 1.21 bits per heavy atom. The number of azo groups is 1. The number of hydrogen-bond donors (Lipinski definition) is 1. The van der Waals surface area contributed by atoms with Crippen molar-refractivity contribution in [3.63, 3.8) is 0 Å². The van der Waals surface area contributed by atoms with Gasteiger partial charge in [-0.15, -0.1) is 5.11 Å². The fraction of sp³-hybridized carbons (Fsp3) is 0.154. The van der Waals surface area contributed by atoms with E-state index in [1.807, 2.05) is 6.07 Å². The van der Waals surface area contributed by atoms with Crippen LogP contribution in [0.2, 0.25) is 0 Å². The number of halogens is 1. The van der Waals surface area contributed by atoms with E-state index < -0.39 is 14.6 Å². The molecule has 0 fully saturated rings. The number of H-pyrrole nitrogens is 1. The molecule has 1 aromatic heterocycles. The third-order valence-corrected chi connectivity index (χ3v) is 4.24. The average Bonchev–Trinajstić information content (AvgIpc) is 2.86.